The van der Waals surface area contributed by atoms with E-state index in [1.165, 1.54) is 0 Å². The first kappa shape index (κ1) is 14.2. The summed E-state index contributed by atoms with van der Waals surface area (Å²) in [5.74, 6) is 1.33. The first-order valence-corrected chi connectivity index (χ1v) is 6.49. The maximum Gasteiger partial charge on any atom is 0.138 e. The number of nitrogen functional groups attached to an aromatic ring is 1. The summed E-state index contributed by atoms with van der Waals surface area (Å²) < 4.78 is 11.0. The average molecular weight is 291 g/mol. The predicted octanol–water partition coefficient (Wildman–Crippen LogP) is 3.08. The second-order valence-electron chi connectivity index (χ2n) is 4.07. The smallest absolute Gasteiger partial charge is 0.138 e. The van der Waals surface area contributed by atoms with Gasteiger partial charge in [0, 0.05) is 5.56 Å². The van der Waals surface area contributed by atoms with Gasteiger partial charge in [0.05, 0.1) is 5.02 Å². The Morgan fingerprint density at radius 3 is 2.40 bits per heavy atom. The third-order valence-corrected chi connectivity index (χ3v) is 2.89. The maximum atomic E-state index is 7.32. The summed E-state index contributed by atoms with van der Waals surface area (Å²) in [6.07, 6.45) is 0. The maximum absolute atomic E-state index is 7.32. The molecule has 0 atom stereocenters. The van der Waals surface area contributed by atoms with E-state index in [-0.39, 0.29) is 5.84 Å². The highest BCUT2D eigenvalue weighted by atomic mass is 35.5. The quantitative estimate of drug-likeness (QED) is 0.488. The number of amidine groups is 1. The van der Waals surface area contributed by atoms with Gasteiger partial charge in [0.25, 0.3) is 0 Å². The fraction of sp³-hybridized carbons (Fsp3) is 0.133. The Morgan fingerprint density at radius 1 is 1.05 bits per heavy atom. The molecule has 2 aromatic rings. The molecule has 0 aliphatic heterocycles. The Labute approximate surface area is 122 Å². The van der Waals surface area contributed by atoms with Crippen LogP contribution in [0.4, 0.5) is 0 Å². The third-order valence-electron chi connectivity index (χ3n) is 2.60. The van der Waals surface area contributed by atoms with Crippen LogP contribution in [0.1, 0.15) is 5.56 Å². The molecule has 2 rings (SSSR count). The van der Waals surface area contributed by atoms with Gasteiger partial charge in [-0.05, 0) is 30.3 Å². The molecule has 0 unspecified atom stereocenters. The molecule has 0 bridgehead atoms. The first-order valence-electron chi connectivity index (χ1n) is 6.11. The fourth-order valence-electron chi connectivity index (χ4n) is 1.61. The Morgan fingerprint density at radius 2 is 1.75 bits per heavy atom. The van der Waals surface area contributed by atoms with E-state index in [1.807, 2.05) is 30.3 Å². The molecule has 0 amide bonds. The molecular formula is C15H15ClN2O2. The molecule has 0 aliphatic carbocycles. The Balaban J connectivity index is 1.84. The van der Waals surface area contributed by atoms with E-state index in [2.05, 4.69) is 0 Å². The van der Waals surface area contributed by atoms with Crippen LogP contribution in [-0.4, -0.2) is 19.0 Å². The minimum atomic E-state index is -0.0224. The highest BCUT2D eigenvalue weighted by molar-refractivity contribution is 6.32. The Bertz CT molecular complexity index is 588. The van der Waals surface area contributed by atoms with Gasteiger partial charge >= 0.3 is 0 Å². The lowest BCUT2D eigenvalue weighted by Gasteiger charge is -2.10. The molecular weight excluding hydrogens is 276 g/mol. The summed E-state index contributed by atoms with van der Waals surface area (Å²) >= 11 is 6.05. The van der Waals surface area contributed by atoms with E-state index in [1.54, 1.807) is 18.2 Å². The zero-order valence-corrected chi connectivity index (χ0v) is 11.6. The van der Waals surface area contributed by atoms with Gasteiger partial charge in [-0.1, -0.05) is 29.8 Å². The number of hydrogen-bond donors (Lipinski definition) is 2. The summed E-state index contributed by atoms with van der Waals surface area (Å²) in [5.41, 5.74) is 5.95. The van der Waals surface area contributed by atoms with Crippen LogP contribution < -0.4 is 15.2 Å². The number of nitrogens with one attached hydrogen (secondary N) is 1. The van der Waals surface area contributed by atoms with E-state index >= 15 is 0 Å². The topological polar surface area (TPSA) is 68.3 Å². The van der Waals surface area contributed by atoms with Crippen LogP contribution in [0.25, 0.3) is 0 Å². The van der Waals surface area contributed by atoms with E-state index < -0.39 is 0 Å². The monoisotopic (exact) mass is 290 g/mol. The summed E-state index contributed by atoms with van der Waals surface area (Å²) in [5, 5.41) is 7.75. The number of rotatable bonds is 6. The van der Waals surface area contributed by atoms with Crippen molar-refractivity contribution in [1.82, 2.24) is 0 Å². The fourth-order valence-corrected chi connectivity index (χ4v) is 1.85. The van der Waals surface area contributed by atoms with Gasteiger partial charge in [-0.2, -0.15) is 0 Å². The molecule has 0 heterocycles. The second kappa shape index (κ2) is 6.82. The number of nitrogens with two attached hydrogens (primary N) is 1. The zero-order chi connectivity index (χ0) is 14.4. The summed E-state index contributed by atoms with van der Waals surface area (Å²) in [4.78, 5) is 0. The minimum absolute atomic E-state index is 0.0224. The lowest BCUT2D eigenvalue weighted by Crippen LogP contribution is -2.12. The Hall–Kier alpha value is -2.20. The predicted molar refractivity (Wildman–Crippen MR) is 79.9 cm³/mol. The van der Waals surface area contributed by atoms with Crippen molar-refractivity contribution in [1.29, 1.82) is 5.41 Å². The number of halogens is 1. The van der Waals surface area contributed by atoms with Gasteiger partial charge < -0.3 is 15.2 Å². The van der Waals surface area contributed by atoms with Crippen molar-refractivity contribution in [2.75, 3.05) is 13.2 Å². The lowest BCUT2D eigenvalue weighted by atomic mass is 10.2. The number of ether oxygens (including phenoxy) is 2. The van der Waals surface area contributed by atoms with Gasteiger partial charge in [0.2, 0.25) is 0 Å². The van der Waals surface area contributed by atoms with Crippen LogP contribution in [0.5, 0.6) is 11.5 Å². The van der Waals surface area contributed by atoms with Crippen LogP contribution in [-0.2, 0) is 0 Å². The third kappa shape index (κ3) is 3.90. The number of benzene rings is 2. The van der Waals surface area contributed by atoms with Crippen molar-refractivity contribution < 1.29 is 9.47 Å². The molecule has 0 aromatic heterocycles. The molecule has 0 saturated carbocycles. The molecule has 20 heavy (non-hydrogen) atoms. The molecule has 104 valence electrons. The van der Waals surface area contributed by atoms with Gasteiger partial charge in [0.1, 0.15) is 30.5 Å². The van der Waals surface area contributed by atoms with Crippen molar-refractivity contribution in [3.8, 4) is 11.5 Å². The SMILES string of the molecule is N=C(N)c1ccc(OCCOc2ccccc2)c(Cl)c1. The lowest BCUT2D eigenvalue weighted by molar-refractivity contribution is 0.217. The average Bonchev–Trinajstić information content (AvgIpc) is 2.46. The standard InChI is InChI=1S/C15H15ClN2O2/c16-13-10-11(15(17)18)6-7-14(13)20-9-8-19-12-4-2-1-3-5-12/h1-7,10H,8-9H2,(H3,17,18). The summed E-state index contributed by atoms with van der Waals surface area (Å²) in [7, 11) is 0. The summed E-state index contributed by atoms with van der Waals surface area (Å²) in [6, 6.07) is 14.5. The van der Waals surface area contributed by atoms with Crippen molar-refractivity contribution in [3.05, 3.63) is 59.1 Å². The Kier molecular flexibility index (Phi) is 4.85. The second-order valence-corrected chi connectivity index (χ2v) is 4.48. The van der Waals surface area contributed by atoms with Crippen LogP contribution in [0.15, 0.2) is 48.5 Å². The van der Waals surface area contributed by atoms with E-state index in [0.717, 1.165) is 5.75 Å². The van der Waals surface area contributed by atoms with E-state index in [0.29, 0.717) is 29.5 Å². The molecule has 4 nitrogen and oxygen atoms in total. The summed E-state index contributed by atoms with van der Waals surface area (Å²) in [6.45, 7) is 0.808. The molecule has 0 saturated heterocycles. The van der Waals surface area contributed by atoms with Gasteiger partial charge in [0.15, 0.2) is 0 Å². The van der Waals surface area contributed by atoms with E-state index in [4.69, 9.17) is 32.2 Å². The van der Waals surface area contributed by atoms with Gasteiger partial charge in [-0.3, -0.25) is 5.41 Å². The molecule has 0 aliphatic rings. The molecule has 0 fully saturated rings. The number of para-hydroxylation sites is 1. The normalized spacial score (nSPS) is 10.1. The molecule has 0 spiro atoms. The largest absolute Gasteiger partial charge is 0.490 e. The molecule has 0 radical (unpaired) electrons. The van der Waals surface area contributed by atoms with Crippen molar-refractivity contribution >= 4 is 17.4 Å². The minimum Gasteiger partial charge on any atom is -0.490 e. The highest BCUT2D eigenvalue weighted by Gasteiger charge is 2.04. The highest BCUT2D eigenvalue weighted by Crippen LogP contribution is 2.25. The molecule has 3 N–H and O–H groups in total. The molecule has 5 heteroatoms. The van der Waals surface area contributed by atoms with Gasteiger partial charge in [-0.25, -0.2) is 0 Å². The van der Waals surface area contributed by atoms with Crippen LogP contribution in [0, 0.1) is 5.41 Å². The van der Waals surface area contributed by atoms with Gasteiger partial charge in [-0.15, -0.1) is 0 Å². The zero-order valence-electron chi connectivity index (χ0n) is 10.8. The van der Waals surface area contributed by atoms with Crippen molar-refractivity contribution in [2.45, 2.75) is 0 Å². The number of hydrogen-bond acceptors (Lipinski definition) is 3. The first-order chi connectivity index (χ1) is 9.66. The van der Waals surface area contributed by atoms with Crippen LogP contribution in [0.3, 0.4) is 0 Å². The van der Waals surface area contributed by atoms with Crippen LogP contribution >= 0.6 is 11.6 Å². The van der Waals surface area contributed by atoms with E-state index in [9.17, 15) is 0 Å². The van der Waals surface area contributed by atoms with Crippen LogP contribution in [0.2, 0.25) is 5.02 Å². The molecule has 2 aromatic carbocycles. The van der Waals surface area contributed by atoms with Crippen molar-refractivity contribution in [3.63, 3.8) is 0 Å². The van der Waals surface area contributed by atoms with Crippen molar-refractivity contribution in [2.24, 2.45) is 5.73 Å².